The van der Waals surface area contributed by atoms with Crippen LogP contribution in [0.5, 0.6) is 0 Å². The number of hydrogen-bond donors (Lipinski definition) is 0. The molecule has 5 heteroatoms. The predicted octanol–water partition coefficient (Wildman–Crippen LogP) is 4.55. The molecule has 1 unspecified atom stereocenters. The largest absolute Gasteiger partial charge is 0.367 e. The zero-order valence-electron chi connectivity index (χ0n) is 12.6. The van der Waals surface area contributed by atoms with Crippen LogP contribution in [-0.4, -0.2) is 31.1 Å². The van der Waals surface area contributed by atoms with Gasteiger partial charge in [-0.3, -0.25) is 4.90 Å². The summed E-state index contributed by atoms with van der Waals surface area (Å²) >= 11 is 12.4. The number of hydrogen-bond acceptors (Lipinski definition) is 2. The highest BCUT2D eigenvalue weighted by Gasteiger charge is 2.33. The molecule has 1 saturated heterocycles. The second kappa shape index (κ2) is 5.97. The molecule has 1 fully saturated rings. The van der Waals surface area contributed by atoms with E-state index >= 15 is 0 Å². The number of benzene rings is 2. The van der Waals surface area contributed by atoms with Crippen LogP contribution in [0.1, 0.15) is 17.2 Å². The van der Waals surface area contributed by atoms with Gasteiger partial charge < -0.3 is 4.90 Å². The molecule has 23 heavy (non-hydrogen) atoms. The maximum absolute atomic E-state index is 13.7. The first-order valence-corrected chi connectivity index (χ1v) is 8.60. The molecule has 0 bridgehead atoms. The Kier molecular flexibility index (Phi) is 3.96. The molecule has 0 aromatic heterocycles. The molecule has 0 N–H and O–H groups in total. The predicted molar refractivity (Wildman–Crippen MR) is 93.1 cm³/mol. The Morgan fingerprint density at radius 2 is 1.87 bits per heavy atom. The van der Waals surface area contributed by atoms with Gasteiger partial charge in [-0.1, -0.05) is 29.3 Å². The van der Waals surface area contributed by atoms with Gasteiger partial charge in [-0.15, -0.1) is 0 Å². The number of rotatable bonds is 1. The summed E-state index contributed by atoms with van der Waals surface area (Å²) in [7, 11) is 0. The summed E-state index contributed by atoms with van der Waals surface area (Å²) in [6.45, 7) is 3.73. The van der Waals surface area contributed by atoms with E-state index < -0.39 is 0 Å². The Labute approximate surface area is 145 Å². The molecule has 120 valence electrons. The molecule has 2 aliphatic rings. The zero-order chi connectivity index (χ0) is 16.0. The standard InChI is InChI=1S/C18H17Cl2FN2/c19-13-2-4-17(16(20)9-13)23-8-7-22-6-5-12-1-3-14(21)10-15(12)18(22)11-23/h1-4,9-10,18H,5-8,11H2. The molecule has 4 rings (SSSR count). The Morgan fingerprint density at radius 3 is 2.70 bits per heavy atom. The maximum Gasteiger partial charge on any atom is 0.123 e. The fourth-order valence-electron chi connectivity index (χ4n) is 3.71. The number of nitrogens with zero attached hydrogens (tertiary/aromatic N) is 2. The molecule has 2 aromatic rings. The van der Waals surface area contributed by atoms with Crippen molar-refractivity contribution in [2.24, 2.45) is 0 Å². The highest BCUT2D eigenvalue weighted by Crippen LogP contribution is 2.37. The van der Waals surface area contributed by atoms with Gasteiger partial charge in [-0.05, 0) is 47.9 Å². The van der Waals surface area contributed by atoms with E-state index in [0.717, 1.165) is 43.9 Å². The van der Waals surface area contributed by atoms with Gasteiger partial charge in [0, 0.05) is 31.2 Å². The third kappa shape index (κ3) is 2.82. The first-order valence-electron chi connectivity index (χ1n) is 7.84. The van der Waals surface area contributed by atoms with Crippen LogP contribution in [0.15, 0.2) is 36.4 Å². The molecular formula is C18H17Cl2FN2. The molecule has 0 spiro atoms. The van der Waals surface area contributed by atoms with E-state index in [0.29, 0.717) is 10.0 Å². The van der Waals surface area contributed by atoms with Gasteiger partial charge in [-0.25, -0.2) is 4.39 Å². The number of fused-ring (bicyclic) bond motifs is 3. The summed E-state index contributed by atoms with van der Waals surface area (Å²) in [5, 5.41) is 1.31. The average molecular weight is 351 g/mol. The molecule has 2 nitrogen and oxygen atoms in total. The van der Waals surface area contributed by atoms with Crippen molar-refractivity contribution in [2.75, 3.05) is 31.1 Å². The minimum absolute atomic E-state index is 0.160. The molecule has 2 heterocycles. The Balaban J connectivity index is 1.66. The highest BCUT2D eigenvalue weighted by molar-refractivity contribution is 6.36. The highest BCUT2D eigenvalue weighted by atomic mass is 35.5. The third-order valence-electron chi connectivity index (χ3n) is 4.88. The van der Waals surface area contributed by atoms with Crippen LogP contribution < -0.4 is 4.90 Å². The van der Waals surface area contributed by atoms with Crippen LogP contribution in [-0.2, 0) is 6.42 Å². The van der Waals surface area contributed by atoms with E-state index in [2.05, 4.69) is 9.80 Å². The van der Waals surface area contributed by atoms with E-state index in [1.807, 2.05) is 18.2 Å². The lowest BCUT2D eigenvalue weighted by molar-refractivity contribution is 0.166. The Hall–Kier alpha value is -1.29. The lowest BCUT2D eigenvalue weighted by Gasteiger charge is -2.45. The molecule has 1 atom stereocenters. The SMILES string of the molecule is Fc1ccc2c(c1)C1CN(c3ccc(Cl)cc3Cl)CCN1CC2. The summed E-state index contributed by atoms with van der Waals surface area (Å²) in [4.78, 5) is 4.72. The van der Waals surface area contributed by atoms with E-state index in [-0.39, 0.29) is 11.9 Å². The minimum Gasteiger partial charge on any atom is -0.367 e. The van der Waals surface area contributed by atoms with E-state index in [9.17, 15) is 4.39 Å². The molecular weight excluding hydrogens is 334 g/mol. The molecule has 0 radical (unpaired) electrons. The number of anilines is 1. The quantitative estimate of drug-likeness (QED) is 0.744. The maximum atomic E-state index is 13.7. The summed E-state index contributed by atoms with van der Waals surface area (Å²) in [5.41, 5.74) is 3.38. The van der Waals surface area contributed by atoms with E-state index in [4.69, 9.17) is 23.2 Å². The summed E-state index contributed by atoms with van der Waals surface area (Å²) in [6, 6.07) is 11.0. The van der Waals surface area contributed by atoms with Crippen LogP contribution in [0.2, 0.25) is 10.0 Å². The summed E-state index contributed by atoms with van der Waals surface area (Å²) in [6.07, 6.45) is 0.994. The zero-order valence-corrected chi connectivity index (χ0v) is 14.1. The Morgan fingerprint density at radius 1 is 1.00 bits per heavy atom. The number of halogens is 3. The average Bonchev–Trinajstić information content (AvgIpc) is 2.54. The molecule has 0 amide bonds. The van der Waals surface area contributed by atoms with E-state index in [1.165, 1.54) is 5.56 Å². The molecule has 2 aromatic carbocycles. The lowest BCUT2D eigenvalue weighted by atomic mass is 9.90. The lowest BCUT2D eigenvalue weighted by Crippen LogP contribution is -2.51. The molecule has 2 aliphatic heterocycles. The van der Waals surface area contributed by atoms with Gasteiger partial charge in [0.05, 0.1) is 16.8 Å². The van der Waals surface area contributed by atoms with Crippen LogP contribution in [0.3, 0.4) is 0 Å². The topological polar surface area (TPSA) is 6.48 Å². The van der Waals surface area contributed by atoms with Crippen molar-refractivity contribution in [3.63, 3.8) is 0 Å². The van der Waals surface area contributed by atoms with Crippen molar-refractivity contribution < 1.29 is 4.39 Å². The monoisotopic (exact) mass is 350 g/mol. The Bertz CT molecular complexity index is 750. The first-order chi connectivity index (χ1) is 11.1. The van der Waals surface area contributed by atoms with Gasteiger partial charge in [0.2, 0.25) is 0 Å². The van der Waals surface area contributed by atoms with Crippen molar-refractivity contribution in [1.82, 2.24) is 4.90 Å². The van der Waals surface area contributed by atoms with Gasteiger partial charge in [0.15, 0.2) is 0 Å². The second-order valence-electron chi connectivity index (χ2n) is 6.19. The van der Waals surface area contributed by atoms with Crippen molar-refractivity contribution in [3.05, 3.63) is 63.4 Å². The van der Waals surface area contributed by atoms with Gasteiger partial charge >= 0.3 is 0 Å². The normalized spacial score (nSPS) is 21.0. The van der Waals surface area contributed by atoms with Crippen LogP contribution in [0.4, 0.5) is 10.1 Å². The van der Waals surface area contributed by atoms with Crippen molar-refractivity contribution in [2.45, 2.75) is 12.5 Å². The molecule has 0 saturated carbocycles. The fraction of sp³-hybridized carbons (Fsp3) is 0.333. The fourth-order valence-corrected chi connectivity index (χ4v) is 4.24. The summed E-state index contributed by atoms with van der Waals surface area (Å²) in [5.74, 6) is -0.160. The van der Waals surface area contributed by atoms with Gasteiger partial charge in [0.25, 0.3) is 0 Å². The van der Waals surface area contributed by atoms with Crippen molar-refractivity contribution in [1.29, 1.82) is 0 Å². The van der Waals surface area contributed by atoms with Gasteiger partial charge in [-0.2, -0.15) is 0 Å². The molecule has 0 aliphatic carbocycles. The minimum atomic E-state index is -0.160. The first kappa shape index (κ1) is 15.3. The van der Waals surface area contributed by atoms with Crippen molar-refractivity contribution in [3.8, 4) is 0 Å². The third-order valence-corrected chi connectivity index (χ3v) is 5.41. The van der Waals surface area contributed by atoms with Gasteiger partial charge in [0.1, 0.15) is 5.82 Å². The van der Waals surface area contributed by atoms with Crippen molar-refractivity contribution >= 4 is 28.9 Å². The smallest absolute Gasteiger partial charge is 0.123 e. The second-order valence-corrected chi connectivity index (χ2v) is 7.03. The van der Waals surface area contributed by atoms with E-state index in [1.54, 1.807) is 18.2 Å². The van der Waals surface area contributed by atoms with Crippen LogP contribution in [0.25, 0.3) is 0 Å². The van der Waals surface area contributed by atoms with Crippen LogP contribution >= 0.6 is 23.2 Å². The number of piperazine rings is 1. The van der Waals surface area contributed by atoms with Crippen LogP contribution in [0, 0.1) is 5.82 Å². The summed E-state index contributed by atoms with van der Waals surface area (Å²) < 4.78 is 13.7.